The average Bonchev–Trinajstić information content (AvgIpc) is 3.52. The van der Waals surface area contributed by atoms with Gasteiger partial charge in [0, 0.05) is 19.0 Å². The monoisotopic (exact) mass is 406 g/mol. The molecule has 3 aromatic rings. The number of benzene rings is 2. The zero-order valence-corrected chi connectivity index (χ0v) is 17.0. The SMILES string of the molecule is CCn1c(=O)n(CC(=O)NC(Cc2ccccc2)C(=O)NC2CC2)c2ccccc21. The topological polar surface area (TPSA) is 85.1 Å². The normalized spacial score (nSPS) is 14.4. The van der Waals surface area contributed by atoms with Gasteiger partial charge in [0.1, 0.15) is 12.6 Å². The Morgan fingerprint density at radius 3 is 2.27 bits per heavy atom. The Morgan fingerprint density at radius 2 is 1.63 bits per heavy atom. The molecule has 0 saturated heterocycles. The molecule has 2 aromatic carbocycles. The Kier molecular flexibility index (Phi) is 5.70. The van der Waals surface area contributed by atoms with Crippen LogP contribution in [-0.4, -0.2) is 33.0 Å². The summed E-state index contributed by atoms with van der Waals surface area (Å²) >= 11 is 0. The van der Waals surface area contributed by atoms with Crippen LogP contribution in [0.4, 0.5) is 0 Å². The summed E-state index contributed by atoms with van der Waals surface area (Å²) in [5, 5.41) is 5.82. The third-order valence-electron chi connectivity index (χ3n) is 5.40. The maximum atomic E-state index is 12.9. The van der Waals surface area contributed by atoms with Gasteiger partial charge in [-0.25, -0.2) is 4.79 Å². The minimum atomic E-state index is -0.685. The lowest BCUT2D eigenvalue weighted by molar-refractivity contribution is -0.129. The molecule has 1 aliphatic carbocycles. The van der Waals surface area contributed by atoms with Crippen LogP contribution in [0.3, 0.4) is 0 Å². The van der Waals surface area contributed by atoms with E-state index in [1.54, 1.807) is 4.57 Å². The number of imidazole rings is 1. The first-order chi connectivity index (χ1) is 14.6. The van der Waals surface area contributed by atoms with Crippen LogP contribution in [-0.2, 0) is 29.1 Å². The maximum Gasteiger partial charge on any atom is 0.329 e. The molecule has 1 aromatic heterocycles. The van der Waals surface area contributed by atoms with E-state index < -0.39 is 6.04 Å². The van der Waals surface area contributed by atoms with E-state index >= 15 is 0 Å². The van der Waals surface area contributed by atoms with Crippen molar-refractivity contribution in [3.8, 4) is 0 Å². The van der Waals surface area contributed by atoms with E-state index in [1.165, 1.54) is 4.57 Å². The van der Waals surface area contributed by atoms with Crippen molar-refractivity contribution in [2.45, 2.75) is 51.4 Å². The van der Waals surface area contributed by atoms with Gasteiger partial charge in [0.25, 0.3) is 0 Å². The number of carbonyl (C=O) groups is 2. The van der Waals surface area contributed by atoms with Crippen LogP contribution in [0, 0.1) is 0 Å². The number of aryl methyl sites for hydroxylation is 1. The van der Waals surface area contributed by atoms with Crippen molar-refractivity contribution in [3.05, 3.63) is 70.6 Å². The van der Waals surface area contributed by atoms with Crippen LogP contribution in [0.1, 0.15) is 25.3 Å². The summed E-state index contributed by atoms with van der Waals surface area (Å²) in [6.45, 7) is 2.29. The van der Waals surface area contributed by atoms with E-state index in [0.717, 1.165) is 23.9 Å². The fourth-order valence-corrected chi connectivity index (χ4v) is 3.70. The molecule has 0 spiro atoms. The van der Waals surface area contributed by atoms with E-state index in [0.29, 0.717) is 18.5 Å². The van der Waals surface area contributed by atoms with E-state index in [-0.39, 0.29) is 30.1 Å². The highest BCUT2D eigenvalue weighted by atomic mass is 16.2. The van der Waals surface area contributed by atoms with Gasteiger partial charge in [-0.05, 0) is 37.5 Å². The number of nitrogens with one attached hydrogen (secondary N) is 2. The van der Waals surface area contributed by atoms with Crippen molar-refractivity contribution in [2.24, 2.45) is 0 Å². The standard InChI is InChI=1S/C23H26N4O3/c1-2-26-19-10-6-7-11-20(19)27(23(26)30)15-21(28)25-18(22(29)24-17-12-13-17)14-16-8-4-3-5-9-16/h3-11,17-18H,2,12-15H2,1H3,(H,24,29)(H,25,28). The number of hydrogen-bond acceptors (Lipinski definition) is 3. The van der Waals surface area contributed by atoms with Crippen LogP contribution >= 0.6 is 0 Å². The molecule has 156 valence electrons. The molecule has 1 heterocycles. The van der Waals surface area contributed by atoms with Crippen molar-refractivity contribution in [2.75, 3.05) is 0 Å². The molecular formula is C23H26N4O3. The molecule has 1 fully saturated rings. The Morgan fingerprint density at radius 1 is 1.00 bits per heavy atom. The quantitative estimate of drug-likeness (QED) is 0.599. The van der Waals surface area contributed by atoms with Crippen molar-refractivity contribution in [3.63, 3.8) is 0 Å². The molecule has 30 heavy (non-hydrogen) atoms. The minimum Gasteiger partial charge on any atom is -0.352 e. The summed E-state index contributed by atoms with van der Waals surface area (Å²) < 4.78 is 3.11. The second-order valence-corrected chi connectivity index (χ2v) is 7.69. The van der Waals surface area contributed by atoms with Gasteiger partial charge in [-0.2, -0.15) is 0 Å². The van der Waals surface area contributed by atoms with Crippen LogP contribution in [0.2, 0.25) is 0 Å². The van der Waals surface area contributed by atoms with E-state index in [2.05, 4.69) is 10.6 Å². The number of hydrogen-bond donors (Lipinski definition) is 2. The Labute approximate surface area is 174 Å². The number of amides is 2. The third-order valence-corrected chi connectivity index (χ3v) is 5.40. The molecule has 7 nitrogen and oxygen atoms in total. The van der Waals surface area contributed by atoms with Gasteiger partial charge in [0.15, 0.2) is 0 Å². The van der Waals surface area contributed by atoms with E-state index in [1.807, 2.05) is 61.5 Å². The van der Waals surface area contributed by atoms with Gasteiger partial charge in [0.2, 0.25) is 11.8 Å². The molecule has 1 saturated carbocycles. The largest absolute Gasteiger partial charge is 0.352 e. The van der Waals surface area contributed by atoms with Gasteiger partial charge < -0.3 is 10.6 Å². The van der Waals surface area contributed by atoms with Crippen LogP contribution in [0.15, 0.2) is 59.4 Å². The molecule has 0 radical (unpaired) electrons. The van der Waals surface area contributed by atoms with Gasteiger partial charge in [0.05, 0.1) is 11.0 Å². The molecule has 1 unspecified atom stereocenters. The second kappa shape index (κ2) is 8.57. The van der Waals surface area contributed by atoms with Crippen LogP contribution < -0.4 is 16.3 Å². The summed E-state index contributed by atoms with van der Waals surface area (Å²) in [5.41, 5.74) is 2.25. The number of rotatable bonds is 8. The highest BCUT2D eigenvalue weighted by molar-refractivity contribution is 5.88. The molecule has 1 atom stereocenters. The van der Waals surface area contributed by atoms with Crippen molar-refractivity contribution < 1.29 is 9.59 Å². The Hall–Kier alpha value is -3.35. The molecule has 1 aliphatic rings. The molecule has 4 rings (SSSR count). The number of carbonyl (C=O) groups excluding carboxylic acids is 2. The molecular weight excluding hydrogens is 380 g/mol. The summed E-state index contributed by atoms with van der Waals surface area (Å²) in [6.07, 6.45) is 2.35. The van der Waals surface area contributed by atoms with E-state index in [4.69, 9.17) is 0 Å². The average molecular weight is 406 g/mol. The lowest BCUT2D eigenvalue weighted by Crippen LogP contribution is -2.49. The van der Waals surface area contributed by atoms with Crippen molar-refractivity contribution >= 4 is 22.8 Å². The lowest BCUT2D eigenvalue weighted by atomic mass is 10.1. The number of para-hydroxylation sites is 2. The summed E-state index contributed by atoms with van der Waals surface area (Å²) in [7, 11) is 0. The van der Waals surface area contributed by atoms with Crippen LogP contribution in [0.5, 0.6) is 0 Å². The lowest BCUT2D eigenvalue weighted by Gasteiger charge is -2.19. The third kappa shape index (κ3) is 4.30. The first-order valence-corrected chi connectivity index (χ1v) is 10.4. The summed E-state index contributed by atoms with van der Waals surface area (Å²) in [4.78, 5) is 38.4. The summed E-state index contributed by atoms with van der Waals surface area (Å²) in [5.74, 6) is -0.541. The Balaban J connectivity index is 1.54. The van der Waals surface area contributed by atoms with E-state index in [9.17, 15) is 14.4 Å². The van der Waals surface area contributed by atoms with Crippen molar-refractivity contribution in [1.29, 1.82) is 0 Å². The second-order valence-electron chi connectivity index (χ2n) is 7.69. The van der Waals surface area contributed by atoms with Gasteiger partial charge in [-0.15, -0.1) is 0 Å². The highest BCUT2D eigenvalue weighted by Crippen LogP contribution is 2.19. The summed E-state index contributed by atoms with van der Waals surface area (Å²) in [6, 6.07) is 16.5. The minimum absolute atomic E-state index is 0.131. The molecule has 0 bridgehead atoms. The number of nitrogens with zero attached hydrogens (tertiary/aromatic N) is 2. The Bertz CT molecular complexity index is 1110. The smallest absolute Gasteiger partial charge is 0.329 e. The van der Waals surface area contributed by atoms with Crippen LogP contribution in [0.25, 0.3) is 11.0 Å². The first kappa shape index (κ1) is 19.9. The highest BCUT2D eigenvalue weighted by Gasteiger charge is 2.29. The fraction of sp³-hybridized carbons (Fsp3) is 0.348. The molecule has 2 amide bonds. The number of aromatic nitrogens is 2. The predicted molar refractivity (Wildman–Crippen MR) is 115 cm³/mol. The predicted octanol–water partition coefficient (Wildman–Crippen LogP) is 1.83. The zero-order valence-electron chi connectivity index (χ0n) is 17.0. The molecule has 2 N–H and O–H groups in total. The van der Waals surface area contributed by atoms with Gasteiger partial charge in [-0.3, -0.25) is 18.7 Å². The van der Waals surface area contributed by atoms with Gasteiger partial charge >= 0.3 is 5.69 Å². The molecule has 7 heteroatoms. The zero-order chi connectivity index (χ0) is 21.1. The number of fused-ring (bicyclic) bond motifs is 1. The van der Waals surface area contributed by atoms with Crippen molar-refractivity contribution in [1.82, 2.24) is 19.8 Å². The fourth-order valence-electron chi connectivity index (χ4n) is 3.70. The molecule has 0 aliphatic heterocycles. The first-order valence-electron chi connectivity index (χ1n) is 10.4. The van der Waals surface area contributed by atoms with Gasteiger partial charge in [-0.1, -0.05) is 42.5 Å². The maximum absolute atomic E-state index is 12.9.